The molecule has 0 bridgehead atoms. The van der Waals surface area contributed by atoms with E-state index in [1.165, 1.54) is 0 Å². The van der Waals surface area contributed by atoms with Crippen molar-refractivity contribution in [3.05, 3.63) is 22.9 Å². The van der Waals surface area contributed by atoms with E-state index in [1.54, 1.807) is 24.8 Å². The van der Waals surface area contributed by atoms with Crippen molar-refractivity contribution in [3.63, 3.8) is 0 Å². The Morgan fingerprint density at radius 2 is 2.16 bits per heavy atom. The van der Waals surface area contributed by atoms with Gasteiger partial charge in [0.15, 0.2) is 0 Å². The summed E-state index contributed by atoms with van der Waals surface area (Å²) in [6.07, 6.45) is 0.785. The van der Waals surface area contributed by atoms with Gasteiger partial charge in [-0.2, -0.15) is 11.8 Å². The van der Waals surface area contributed by atoms with Gasteiger partial charge in [-0.25, -0.2) is 9.78 Å². The number of aromatic nitrogens is 1. The van der Waals surface area contributed by atoms with E-state index >= 15 is 0 Å². The molecule has 1 heterocycles. The monoisotopic (exact) mass is 284 g/mol. The normalized spacial score (nSPS) is 10.5. The third kappa shape index (κ3) is 5.08. The van der Waals surface area contributed by atoms with Crippen LogP contribution >= 0.6 is 11.8 Å². The highest BCUT2D eigenvalue weighted by atomic mass is 32.2. The molecule has 6 heteroatoms. The second kappa shape index (κ2) is 8.01. The fraction of sp³-hybridized carbons (Fsp3) is 0.538. The Kier molecular flexibility index (Phi) is 6.66. The average molecular weight is 284 g/mol. The first kappa shape index (κ1) is 15.8. The Morgan fingerprint density at radius 3 is 2.79 bits per heavy atom. The van der Waals surface area contributed by atoms with Crippen molar-refractivity contribution in [1.29, 1.82) is 0 Å². The summed E-state index contributed by atoms with van der Waals surface area (Å²) >= 11 is 1.72. The number of anilines is 1. The molecule has 5 nitrogen and oxygen atoms in total. The maximum Gasteiger partial charge on any atom is 0.339 e. The van der Waals surface area contributed by atoms with Gasteiger partial charge in [0, 0.05) is 24.6 Å². The van der Waals surface area contributed by atoms with Crippen LogP contribution in [-0.2, 0) is 0 Å². The van der Waals surface area contributed by atoms with Gasteiger partial charge in [-0.3, -0.25) is 0 Å². The number of pyridine rings is 1. The number of aryl methyl sites for hydroxylation is 2. The van der Waals surface area contributed by atoms with Crippen molar-refractivity contribution >= 4 is 23.5 Å². The molecule has 106 valence electrons. The fourth-order valence-corrected chi connectivity index (χ4v) is 2.53. The summed E-state index contributed by atoms with van der Waals surface area (Å²) in [4.78, 5) is 15.5. The molecule has 0 fully saturated rings. The molecule has 0 unspecified atom stereocenters. The van der Waals surface area contributed by atoms with E-state index in [9.17, 15) is 9.90 Å². The Morgan fingerprint density at radius 1 is 1.42 bits per heavy atom. The number of nitrogens with one attached hydrogen (secondary N) is 1. The van der Waals surface area contributed by atoms with E-state index < -0.39 is 5.97 Å². The highest BCUT2D eigenvalue weighted by Crippen LogP contribution is 2.18. The fourth-order valence-electron chi connectivity index (χ4n) is 1.74. The molecule has 3 N–H and O–H groups in total. The second-order valence-corrected chi connectivity index (χ2v) is 5.45. The van der Waals surface area contributed by atoms with Crippen molar-refractivity contribution in [2.45, 2.75) is 20.3 Å². The van der Waals surface area contributed by atoms with Crippen LogP contribution in [-0.4, -0.2) is 45.8 Å². The number of carboxylic acid groups (broad SMARTS) is 1. The molecule has 19 heavy (non-hydrogen) atoms. The van der Waals surface area contributed by atoms with E-state index in [-0.39, 0.29) is 12.2 Å². The van der Waals surface area contributed by atoms with Crippen LogP contribution in [0.3, 0.4) is 0 Å². The largest absolute Gasteiger partial charge is 0.478 e. The second-order valence-electron chi connectivity index (χ2n) is 4.23. The number of carboxylic acids is 1. The van der Waals surface area contributed by atoms with E-state index in [2.05, 4.69) is 10.3 Å². The Hall–Kier alpha value is -1.27. The van der Waals surface area contributed by atoms with Crippen molar-refractivity contribution in [2.75, 3.05) is 30.0 Å². The summed E-state index contributed by atoms with van der Waals surface area (Å²) in [6.45, 7) is 4.49. The first-order valence-electron chi connectivity index (χ1n) is 6.20. The van der Waals surface area contributed by atoms with E-state index in [0.29, 0.717) is 12.4 Å². The summed E-state index contributed by atoms with van der Waals surface area (Å²) in [5, 5.41) is 20.9. The van der Waals surface area contributed by atoms with Crippen molar-refractivity contribution in [3.8, 4) is 0 Å². The first-order chi connectivity index (χ1) is 9.06. The summed E-state index contributed by atoms with van der Waals surface area (Å²) in [5.41, 5.74) is 1.76. The van der Waals surface area contributed by atoms with Crippen LogP contribution in [0.2, 0.25) is 0 Å². The molecule has 0 aliphatic carbocycles. The molecule has 0 aromatic carbocycles. The quantitative estimate of drug-likeness (QED) is 0.633. The number of carbonyl (C=O) groups is 1. The van der Waals surface area contributed by atoms with Crippen LogP contribution in [0, 0.1) is 13.8 Å². The SMILES string of the molecule is Cc1cc(C)c(C(=O)O)c(NCCSCCCO)n1. The zero-order valence-corrected chi connectivity index (χ0v) is 12.1. The molecule has 1 rings (SSSR count). The standard InChI is InChI=1S/C13H20N2O3S/c1-9-8-10(2)15-12(11(9)13(17)18)14-4-7-19-6-3-5-16/h8,16H,3-7H2,1-2H3,(H,14,15)(H,17,18). The van der Waals surface area contributed by atoms with E-state index in [0.717, 1.165) is 29.2 Å². The van der Waals surface area contributed by atoms with Crippen molar-refractivity contribution < 1.29 is 15.0 Å². The van der Waals surface area contributed by atoms with E-state index in [4.69, 9.17) is 5.11 Å². The predicted octanol–water partition coefficient (Wildman–Crippen LogP) is 1.92. The van der Waals surface area contributed by atoms with Crippen LogP contribution in [0.15, 0.2) is 6.07 Å². The summed E-state index contributed by atoms with van der Waals surface area (Å²) in [5.74, 6) is 1.24. The van der Waals surface area contributed by atoms with Crippen LogP contribution in [0.4, 0.5) is 5.82 Å². The Bertz CT molecular complexity index is 438. The lowest BCUT2D eigenvalue weighted by atomic mass is 10.1. The molecule has 0 amide bonds. The number of hydrogen-bond acceptors (Lipinski definition) is 5. The minimum Gasteiger partial charge on any atom is -0.478 e. The van der Waals surface area contributed by atoms with Gasteiger partial charge in [0.2, 0.25) is 0 Å². The molecule has 1 aromatic rings. The van der Waals surface area contributed by atoms with Crippen LogP contribution < -0.4 is 5.32 Å². The number of aliphatic hydroxyl groups is 1. The lowest BCUT2D eigenvalue weighted by Crippen LogP contribution is -2.13. The third-order valence-corrected chi connectivity index (χ3v) is 3.61. The highest BCUT2D eigenvalue weighted by molar-refractivity contribution is 7.99. The van der Waals surface area contributed by atoms with Crippen LogP contribution in [0.1, 0.15) is 28.0 Å². The van der Waals surface area contributed by atoms with Gasteiger partial charge in [0.05, 0.1) is 0 Å². The third-order valence-electron chi connectivity index (χ3n) is 2.54. The highest BCUT2D eigenvalue weighted by Gasteiger charge is 2.15. The topological polar surface area (TPSA) is 82.5 Å². The summed E-state index contributed by atoms with van der Waals surface area (Å²) in [7, 11) is 0. The molecule has 0 aliphatic heterocycles. The predicted molar refractivity (Wildman–Crippen MR) is 78.2 cm³/mol. The van der Waals surface area contributed by atoms with Crippen molar-refractivity contribution in [1.82, 2.24) is 4.98 Å². The Labute approximate surface area is 117 Å². The van der Waals surface area contributed by atoms with Gasteiger partial charge < -0.3 is 15.5 Å². The lowest BCUT2D eigenvalue weighted by Gasteiger charge is -2.11. The number of nitrogens with zero attached hydrogens (tertiary/aromatic N) is 1. The van der Waals surface area contributed by atoms with Crippen molar-refractivity contribution in [2.24, 2.45) is 0 Å². The molecule has 1 aromatic heterocycles. The minimum absolute atomic E-state index is 0.211. The molecular weight excluding hydrogens is 264 g/mol. The molecule has 0 saturated heterocycles. The molecule has 0 saturated carbocycles. The maximum absolute atomic E-state index is 11.2. The number of rotatable bonds is 8. The molecule has 0 aliphatic rings. The lowest BCUT2D eigenvalue weighted by molar-refractivity contribution is 0.0697. The number of thioether (sulfide) groups is 1. The maximum atomic E-state index is 11.2. The van der Waals surface area contributed by atoms with Crippen LogP contribution in [0.25, 0.3) is 0 Å². The molecule has 0 radical (unpaired) electrons. The summed E-state index contributed by atoms with van der Waals surface area (Å²) < 4.78 is 0. The Balaban J connectivity index is 2.59. The zero-order chi connectivity index (χ0) is 14.3. The van der Waals surface area contributed by atoms with E-state index in [1.807, 2.05) is 6.92 Å². The van der Waals surface area contributed by atoms with Gasteiger partial charge in [-0.15, -0.1) is 0 Å². The zero-order valence-electron chi connectivity index (χ0n) is 11.3. The number of aliphatic hydroxyl groups excluding tert-OH is 1. The van der Waals surface area contributed by atoms with Crippen LogP contribution in [0.5, 0.6) is 0 Å². The van der Waals surface area contributed by atoms with Gasteiger partial charge in [0.25, 0.3) is 0 Å². The smallest absolute Gasteiger partial charge is 0.339 e. The van der Waals surface area contributed by atoms with Gasteiger partial charge in [-0.1, -0.05) is 0 Å². The number of aromatic carboxylic acids is 1. The van der Waals surface area contributed by atoms with Gasteiger partial charge >= 0.3 is 5.97 Å². The molecule has 0 atom stereocenters. The first-order valence-corrected chi connectivity index (χ1v) is 7.35. The average Bonchev–Trinajstić information content (AvgIpc) is 2.32. The van der Waals surface area contributed by atoms with Gasteiger partial charge in [-0.05, 0) is 37.7 Å². The number of hydrogen-bond donors (Lipinski definition) is 3. The molecule has 0 spiro atoms. The summed E-state index contributed by atoms with van der Waals surface area (Å²) in [6, 6.07) is 1.77. The molecular formula is C13H20N2O3S. The van der Waals surface area contributed by atoms with Gasteiger partial charge in [0.1, 0.15) is 11.4 Å². The minimum atomic E-state index is -0.958.